The third-order valence-corrected chi connectivity index (χ3v) is 4.73. The number of halogens is 2. The molecule has 0 saturated carbocycles. The third-order valence-electron chi connectivity index (χ3n) is 4.19. The van der Waals surface area contributed by atoms with Crippen LogP contribution in [0, 0.1) is 0 Å². The van der Waals surface area contributed by atoms with Gasteiger partial charge in [0, 0.05) is 37.3 Å². The van der Waals surface area contributed by atoms with Gasteiger partial charge >= 0.3 is 0 Å². The van der Waals surface area contributed by atoms with Crippen LogP contribution in [0.3, 0.4) is 0 Å². The van der Waals surface area contributed by atoms with Crippen LogP contribution in [0.4, 0.5) is 11.5 Å². The van der Waals surface area contributed by atoms with Gasteiger partial charge in [-0.25, -0.2) is 9.97 Å². The predicted molar refractivity (Wildman–Crippen MR) is 99.8 cm³/mol. The first-order valence-electron chi connectivity index (χ1n) is 8.12. The molecular weight excluding hydrogens is 361 g/mol. The van der Waals surface area contributed by atoms with Crippen molar-refractivity contribution >= 4 is 40.6 Å². The maximum atomic E-state index is 12.7. The summed E-state index contributed by atoms with van der Waals surface area (Å²) in [6.45, 7) is 6.33. The Kier molecular flexibility index (Phi) is 5.73. The fourth-order valence-electron chi connectivity index (χ4n) is 2.70. The number of nitrogens with zero attached hydrogens (tertiary/aromatic N) is 4. The first-order chi connectivity index (χ1) is 12.1. The molecule has 8 heteroatoms. The molecule has 3 rings (SSSR count). The van der Waals surface area contributed by atoms with E-state index in [4.69, 9.17) is 23.2 Å². The van der Waals surface area contributed by atoms with Crippen LogP contribution < -0.4 is 5.32 Å². The largest absolute Gasteiger partial charge is 0.339 e. The maximum absolute atomic E-state index is 12.7. The number of hydrogen-bond acceptors (Lipinski definition) is 5. The minimum absolute atomic E-state index is 0.0802. The van der Waals surface area contributed by atoms with E-state index in [1.807, 2.05) is 4.90 Å². The molecular formula is C17H19Cl2N5O. The minimum atomic E-state index is -0.0802. The van der Waals surface area contributed by atoms with E-state index >= 15 is 0 Å². The molecule has 1 aliphatic heterocycles. The maximum Gasteiger partial charge on any atom is 0.272 e. The van der Waals surface area contributed by atoms with Gasteiger partial charge in [0.25, 0.3) is 5.91 Å². The number of aromatic nitrogens is 2. The molecule has 1 aliphatic rings. The Morgan fingerprint density at radius 1 is 1.16 bits per heavy atom. The van der Waals surface area contributed by atoms with Crippen LogP contribution in [0.15, 0.2) is 30.6 Å². The molecule has 2 aromatic rings. The standard InChI is InChI=1S/C17H19Cl2N5O/c1-2-23-5-7-24(8-6-23)17(25)15-10-16(21-11-20-15)22-14-4-3-12(18)9-13(14)19/h3-4,9-11H,2,5-8H2,1H3,(H,20,21,22). The lowest BCUT2D eigenvalue weighted by atomic mass is 10.2. The lowest BCUT2D eigenvalue weighted by Gasteiger charge is -2.33. The summed E-state index contributed by atoms with van der Waals surface area (Å²) in [6, 6.07) is 6.78. The van der Waals surface area contributed by atoms with Crippen molar-refractivity contribution in [2.75, 3.05) is 38.0 Å². The molecule has 1 aromatic carbocycles. The topological polar surface area (TPSA) is 61.4 Å². The zero-order valence-corrected chi connectivity index (χ0v) is 15.4. The van der Waals surface area contributed by atoms with Crippen molar-refractivity contribution in [3.8, 4) is 0 Å². The number of anilines is 2. The van der Waals surface area contributed by atoms with Crippen molar-refractivity contribution in [2.24, 2.45) is 0 Å². The Morgan fingerprint density at radius 2 is 1.92 bits per heavy atom. The molecule has 0 aliphatic carbocycles. The van der Waals surface area contributed by atoms with Crippen molar-refractivity contribution in [2.45, 2.75) is 6.92 Å². The van der Waals surface area contributed by atoms with Crippen LogP contribution in [0.1, 0.15) is 17.4 Å². The molecule has 0 bridgehead atoms. The molecule has 25 heavy (non-hydrogen) atoms. The summed E-state index contributed by atoms with van der Waals surface area (Å²) in [5.41, 5.74) is 1.03. The van der Waals surface area contributed by atoms with Gasteiger partial charge in [-0.15, -0.1) is 0 Å². The Labute approximate surface area is 156 Å². The summed E-state index contributed by atoms with van der Waals surface area (Å²) in [5, 5.41) is 4.13. The molecule has 2 heterocycles. The van der Waals surface area contributed by atoms with Crippen molar-refractivity contribution in [3.05, 3.63) is 46.3 Å². The molecule has 132 valence electrons. The monoisotopic (exact) mass is 379 g/mol. The number of nitrogens with one attached hydrogen (secondary N) is 1. The molecule has 0 atom stereocenters. The highest BCUT2D eigenvalue weighted by Gasteiger charge is 2.22. The van der Waals surface area contributed by atoms with Crippen molar-refractivity contribution in [1.29, 1.82) is 0 Å². The fraction of sp³-hybridized carbons (Fsp3) is 0.353. The summed E-state index contributed by atoms with van der Waals surface area (Å²) in [5.74, 6) is 0.429. The Bertz CT molecular complexity index is 762. The van der Waals surface area contributed by atoms with Gasteiger partial charge in [-0.2, -0.15) is 0 Å². The molecule has 1 aromatic heterocycles. The van der Waals surface area contributed by atoms with Gasteiger partial charge in [0.2, 0.25) is 0 Å². The van der Waals surface area contributed by atoms with E-state index < -0.39 is 0 Å². The second-order valence-electron chi connectivity index (χ2n) is 5.76. The average molecular weight is 380 g/mol. The van der Waals surface area contributed by atoms with E-state index in [1.165, 1.54) is 6.33 Å². The Hall–Kier alpha value is -1.89. The second kappa shape index (κ2) is 7.99. The number of carbonyl (C=O) groups excluding carboxylic acids is 1. The van der Waals surface area contributed by atoms with Crippen LogP contribution in [-0.2, 0) is 0 Å². The van der Waals surface area contributed by atoms with Crippen molar-refractivity contribution in [3.63, 3.8) is 0 Å². The zero-order valence-electron chi connectivity index (χ0n) is 13.9. The third kappa shape index (κ3) is 4.39. The van der Waals surface area contributed by atoms with Gasteiger partial charge < -0.3 is 15.1 Å². The predicted octanol–water partition coefficient (Wildman–Crippen LogP) is 3.30. The molecule has 1 amide bonds. The zero-order chi connectivity index (χ0) is 17.8. The van der Waals surface area contributed by atoms with E-state index in [0.29, 0.717) is 40.3 Å². The molecule has 0 spiro atoms. The van der Waals surface area contributed by atoms with Crippen LogP contribution in [0.25, 0.3) is 0 Å². The van der Waals surface area contributed by atoms with Gasteiger partial charge in [0.05, 0.1) is 10.7 Å². The van der Waals surface area contributed by atoms with E-state index in [9.17, 15) is 4.79 Å². The number of amides is 1. The van der Waals surface area contributed by atoms with Gasteiger partial charge in [-0.1, -0.05) is 30.1 Å². The molecule has 1 fully saturated rings. The van der Waals surface area contributed by atoms with E-state index in [2.05, 4.69) is 27.1 Å². The quantitative estimate of drug-likeness (QED) is 0.882. The highest BCUT2D eigenvalue weighted by atomic mass is 35.5. The van der Waals surface area contributed by atoms with Gasteiger partial charge in [-0.05, 0) is 24.7 Å². The number of benzene rings is 1. The highest BCUT2D eigenvalue weighted by Crippen LogP contribution is 2.27. The van der Waals surface area contributed by atoms with Crippen LogP contribution >= 0.6 is 23.2 Å². The first kappa shape index (κ1) is 17.9. The Balaban J connectivity index is 1.72. The van der Waals surface area contributed by atoms with E-state index in [-0.39, 0.29) is 5.91 Å². The van der Waals surface area contributed by atoms with E-state index in [0.717, 1.165) is 19.6 Å². The van der Waals surface area contributed by atoms with E-state index in [1.54, 1.807) is 24.3 Å². The van der Waals surface area contributed by atoms with Gasteiger partial charge in [0.15, 0.2) is 0 Å². The number of rotatable bonds is 4. The fourth-order valence-corrected chi connectivity index (χ4v) is 3.16. The summed E-state index contributed by atoms with van der Waals surface area (Å²) in [7, 11) is 0. The molecule has 0 unspecified atom stereocenters. The van der Waals surface area contributed by atoms with Crippen molar-refractivity contribution in [1.82, 2.24) is 19.8 Å². The number of hydrogen-bond donors (Lipinski definition) is 1. The smallest absolute Gasteiger partial charge is 0.272 e. The van der Waals surface area contributed by atoms with Gasteiger partial charge in [0.1, 0.15) is 17.8 Å². The molecule has 1 saturated heterocycles. The molecule has 6 nitrogen and oxygen atoms in total. The SMILES string of the molecule is CCN1CCN(C(=O)c2cc(Nc3ccc(Cl)cc3Cl)ncn2)CC1. The van der Waals surface area contributed by atoms with Crippen LogP contribution in [-0.4, -0.2) is 58.4 Å². The van der Waals surface area contributed by atoms with Crippen LogP contribution in [0.5, 0.6) is 0 Å². The lowest BCUT2D eigenvalue weighted by molar-refractivity contribution is 0.0637. The lowest BCUT2D eigenvalue weighted by Crippen LogP contribution is -2.48. The number of piperazine rings is 1. The second-order valence-corrected chi connectivity index (χ2v) is 6.61. The summed E-state index contributed by atoms with van der Waals surface area (Å²) >= 11 is 12.1. The summed E-state index contributed by atoms with van der Waals surface area (Å²) in [4.78, 5) is 25.1. The Morgan fingerprint density at radius 3 is 2.60 bits per heavy atom. The first-order valence-corrected chi connectivity index (χ1v) is 8.88. The molecule has 1 N–H and O–H groups in total. The summed E-state index contributed by atoms with van der Waals surface area (Å²) < 4.78 is 0. The minimum Gasteiger partial charge on any atom is -0.339 e. The highest BCUT2D eigenvalue weighted by molar-refractivity contribution is 6.36. The summed E-state index contributed by atoms with van der Waals surface area (Å²) in [6.07, 6.45) is 1.38. The average Bonchev–Trinajstić information content (AvgIpc) is 2.64. The number of likely N-dealkylation sites (N-methyl/N-ethyl adjacent to an activating group) is 1. The normalized spacial score (nSPS) is 15.2. The van der Waals surface area contributed by atoms with Gasteiger partial charge in [-0.3, -0.25) is 4.79 Å². The van der Waals surface area contributed by atoms with Crippen molar-refractivity contribution < 1.29 is 4.79 Å². The number of carbonyl (C=O) groups is 1. The van der Waals surface area contributed by atoms with Crippen LogP contribution in [0.2, 0.25) is 10.0 Å². The molecule has 0 radical (unpaired) electrons.